The molecule has 6 nitrogen and oxygen atoms in total. The summed E-state index contributed by atoms with van der Waals surface area (Å²) in [6.07, 6.45) is 8.83. The Labute approximate surface area is 149 Å². The molecule has 25 heavy (non-hydrogen) atoms. The van der Waals surface area contributed by atoms with Gasteiger partial charge in [0.15, 0.2) is 0 Å². The molecule has 0 aromatic carbocycles. The summed E-state index contributed by atoms with van der Waals surface area (Å²) < 4.78 is 5.74. The second-order valence-corrected chi connectivity index (χ2v) is 8.15. The van der Waals surface area contributed by atoms with Gasteiger partial charge in [-0.15, -0.1) is 0 Å². The van der Waals surface area contributed by atoms with Crippen molar-refractivity contribution in [3.05, 3.63) is 17.0 Å². The van der Waals surface area contributed by atoms with Crippen LogP contribution in [0, 0.1) is 5.41 Å². The molecule has 3 aliphatic rings. The zero-order chi connectivity index (χ0) is 17.3. The highest BCUT2D eigenvalue weighted by molar-refractivity contribution is 5.79. The molecular weight excluding hydrogens is 316 g/mol. The highest BCUT2D eigenvalue weighted by Gasteiger charge is 2.49. The van der Waals surface area contributed by atoms with E-state index < -0.39 is 0 Å². The number of esters is 1. The maximum atomic E-state index is 12.4. The van der Waals surface area contributed by atoms with Gasteiger partial charge in [0.05, 0.1) is 11.1 Å². The van der Waals surface area contributed by atoms with E-state index in [0.717, 1.165) is 58.3 Å². The predicted octanol–water partition coefficient (Wildman–Crippen LogP) is 1.80. The number of piperidine rings is 1. The summed E-state index contributed by atoms with van der Waals surface area (Å²) >= 11 is 0. The van der Waals surface area contributed by atoms with Gasteiger partial charge >= 0.3 is 5.97 Å². The number of hydrogen-bond donors (Lipinski definition) is 2. The van der Waals surface area contributed by atoms with Crippen molar-refractivity contribution in [1.29, 1.82) is 0 Å². The first-order valence-electron chi connectivity index (χ1n) is 9.82. The Morgan fingerprint density at radius 1 is 1.24 bits per heavy atom. The lowest BCUT2D eigenvalue weighted by molar-refractivity contribution is -0.150. The number of nitrogens with zero attached hydrogens (tertiary/aromatic N) is 2. The number of cyclic esters (lactones) is 1. The molecule has 1 spiro atoms. The van der Waals surface area contributed by atoms with Crippen molar-refractivity contribution < 1.29 is 9.53 Å². The number of likely N-dealkylation sites (N-methyl/N-ethyl adjacent to an activating group) is 1. The minimum atomic E-state index is -0.222. The van der Waals surface area contributed by atoms with Gasteiger partial charge in [0.2, 0.25) is 0 Å². The lowest BCUT2D eigenvalue weighted by Gasteiger charge is -2.29. The Kier molecular flexibility index (Phi) is 4.82. The Bertz CT molecular complexity index is 621. The van der Waals surface area contributed by atoms with E-state index in [0.29, 0.717) is 0 Å². The van der Waals surface area contributed by atoms with Gasteiger partial charge in [-0.1, -0.05) is 6.42 Å². The maximum Gasteiger partial charge on any atom is 0.312 e. The van der Waals surface area contributed by atoms with Crippen molar-refractivity contribution in [2.45, 2.75) is 64.0 Å². The zero-order valence-electron chi connectivity index (χ0n) is 15.3. The molecular formula is C19H30N4O2. The molecule has 2 fully saturated rings. The van der Waals surface area contributed by atoms with Crippen molar-refractivity contribution in [2.24, 2.45) is 5.41 Å². The molecule has 2 N–H and O–H groups in total. The second-order valence-electron chi connectivity index (χ2n) is 8.15. The van der Waals surface area contributed by atoms with Crippen LogP contribution in [-0.2, 0) is 28.9 Å². The van der Waals surface area contributed by atoms with E-state index >= 15 is 0 Å². The van der Waals surface area contributed by atoms with E-state index in [4.69, 9.17) is 4.74 Å². The van der Waals surface area contributed by atoms with Gasteiger partial charge in [-0.2, -0.15) is 5.10 Å². The van der Waals surface area contributed by atoms with E-state index in [-0.39, 0.29) is 17.5 Å². The third-order valence-corrected chi connectivity index (χ3v) is 6.21. The van der Waals surface area contributed by atoms with E-state index in [1.165, 1.54) is 36.2 Å². The highest BCUT2D eigenvalue weighted by atomic mass is 16.6. The fraction of sp³-hybridized carbons (Fsp3) is 0.789. The molecule has 1 aliphatic carbocycles. The van der Waals surface area contributed by atoms with E-state index in [9.17, 15) is 4.79 Å². The van der Waals surface area contributed by atoms with Crippen LogP contribution >= 0.6 is 0 Å². The van der Waals surface area contributed by atoms with Crippen LogP contribution in [0.2, 0.25) is 0 Å². The van der Waals surface area contributed by atoms with Gasteiger partial charge in [0.1, 0.15) is 6.10 Å². The Morgan fingerprint density at radius 2 is 2.04 bits per heavy atom. The Hall–Kier alpha value is -1.40. The number of ether oxygens (including phenoxy) is 1. The summed E-state index contributed by atoms with van der Waals surface area (Å²) in [5.74, 6) is 0.0287. The number of fused-ring (bicyclic) bond motifs is 1. The molecule has 138 valence electrons. The fourth-order valence-corrected chi connectivity index (χ4v) is 4.78. The quantitative estimate of drug-likeness (QED) is 0.643. The third-order valence-electron chi connectivity index (χ3n) is 6.21. The average Bonchev–Trinajstić information content (AvgIpc) is 2.99. The van der Waals surface area contributed by atoms with Gasteiger partial charge in [-0.25, -0.2) is 0 Å². The fourth-order valence-electron chi connectivity index (χ4n) is 4.78. The van der Waals surface area contributed by atoms with Crippen LogP contribution in [0.15, 0.2) is 0 Å². The highest BCUT2D eigenvalue weighted by Crippen LogP contribution is 2.41. The lowest BCUT2D eigenvalue weighted by Crippen LogP contribution is -2.39. The molecule has 3 heterocycles. The maximum absolute atomic E-state index is 12.4. The molecule has 1 aromatic rings. The summed E-state index contributed by atoms with van der Waals surface area (Å²) in [7, 11) is 2.11. The molecule has 2 aliphatic heterocycles. The number of aromatic nitrogens is 2. The van der Waals surface area contributed by atoms with Crippen LogP contribution in [-0.4, -0.2) is 53.9 Å². The molecule has 1 aromatic heterocycles. The van der Waals surface area contributed by atoms with Crippen molar-refractivity contribution in [3.8, 4) is 0 Å². The number of carbonyl (C=O) groups excluding carboxylic acids is 1. The number of carbonyl (C=O) groups is 1. The molecule has 1 atom stereocenters. The van der Waals surface area contributed by atoms with Crippen LogP contribution in [0.4, 0.5) is 0 Å². The largest absolute Gasteiger partial charge is 0.461 e. The lowest BCUT2D eigenvalue weighted by atomic mass is 9.76. The van der Waals surface area contributed by atoms with Gasteiger partial charge < -0.3 is 10.1 Å². The average molecular weight is 346 g/mol. The molecule has 1 unspecified atom stereocenters. The van der Waals surface area contributed by atoms with E-state index in [1.807, 2.05) is 0 Å². The molecule has 0 radical (unpaired) electrons. The standard InChI is InChI=1S/C19H30N4O2/c1-23(13-17-15-5-3-2-4-6-16(15)21-22-17)12-14-11-19(18(24)25-14)7-9-20-10-8-19/h14,20H,2-13H2,1H3,(H,21,22). The summed E-state index contributed by atoms with van der Waals surface area (Å²) in [5.41, 5.74) is 3.73. The molecule has 6 heteroatoms. The first-order valence-corrected chi connectivity index (χ1v) is 9.82. The monoisotopic (exact) mass is 346 g/mol. The number of aromatic amines is 1. The molecule has 2 saturated heterocycles. The van der Waals surface area contributed by atoms with E-state index in [1.54, 1.807) is 0 Å². The first-order chi connectivity index (χ1) is 12.2. The van der Waals surface area contributed by atoms with Crippen molar-refractivity contribution in [3.63, 3.8) is 0 Å². The first kappa shape index (κ1) is 17.0. The van der Waals surface area contributed by atoms with Gasteiger partial charge in [-0.3, -0.25) is 14.8 Å². The summed E-state index contributed by atoms with van der Waals surface area (Å²) in [5, 5.41) is 11.2. The smallest absolute Gasteiger partial charge is 0.312 e. The minimum Gasteiger partial charge on any atom is -0.461 e. The second kappa shape index (κ2) is 7.08. The normalized spacial score (nSPS) is 25.8. The molecule has 4 rings (SSSR count). The predicted molar refractivity (Wildman–Crippen MR) is 95.2 cm³/mol. The van der Waals surface area contributed by atoms with E-state index in [2.05, 4.69) is 27.5 Å². The molecule has 0 bridgehead atoms. The van der Waals surface area contributed by atoms with Crippen molar-refractivity contribution in [2.75, 3.05) is 26.7 Å². The van der Waals surface area contributed by atoms with Crippen molar-refractivity contribution >= 4 is 5.97 Å². The summed E-state index contributed by atoms with van der Waals surface area (Å²) in [4.78, 5) is 14.7. The third kappa shape index (κ3) is 3.47. The number of nitrogens with one attached hydrogen (secondary N) is 2. The van der Waals surface area contributed by atoms with Crippen LogP contribution < -0.4 is 5.32 Å². The Balaban J connectivity index is 1.36. The van der Waals surface area contributed by atoms with Gasteiger partial charge in [0, 0.05) is 25.2 Å². The van der Waals surface area contributed by atoms with Crippen molar-refractivity contribution in [1.82, 2.24) is 20.4 Å². The number of hydrogen-bond acceptors (Lipinski definition) is 5. The van der Waals surface area contributed by atoms with Crippen LogP contribution in [0.25, 0.3) is 0 Å². The summed E-state index contributed by atoms with van der Waals surface area (Å²) in [6, 6.07) is 0. The number of aryl methyl sites for hydroxylation is 1. The van der Waals surface area contributed by atoms with Crippen LogP contribution in [0.3, 0.4) is 0 Å². The topological polar surface area (TPSA) is 70.2 Å². The number of rotatable bonds is 4. The summed E-state index contributed by atoms with van der Waals surface area (Å²) in [6.45, 7) is 3.48. The van der Waals surface area contributed by atoms with Gasteiger partial charge in [-0.05, 0) is 64.2 Å². The molecule has 0 amide bonds. The Morgan fingerprint density at radius 3 is 2.88 bits per heavy atom. The van der Waals surface area contributed by atoms with Gasteiger partial charge in [0.25, 0.3) is 0 Å². The minimum absolute atomic E-state index is 0.0214. The SMILES string of the molecule is CN(Cc1n[nH]c2c1CCCCC2)CC1CC2(CCNCC2)C(=O)O1. The van der Waals surface area contributed by atoms with Crippen LogP contribution in [0.1, 0.15) is 55.5 Å². The number of H-pyrrole nitrogens is 1. The molecule has 0 saturated carbocycles. The zero-order valence-corrected chi connectivity index (χ0v) is 15.3. The van der Waals surface area contributed by atoms with Crippen LogP contribution in [0.5, 0.6) is 0 Å².